The molecule has 1 heterocycles. The van der Waals surface area contributed by atoms with E-state index in [1.807, 2.05) is 0 Å². The molecule has 1 aromatic heterocycles. The molecule has 0 saturated heterocycles. The third kappa shape index (κ3) is 4.22. The standard InChI is InChI=1S/C10H19N3OS/c1-5-6-11-7(2)8(3)15-10-13-12-9(4)14-10/h7-8,11H,5-6H2,1-4H3. The van der Waals surface area contributed by atoms with Gasteiger partial charge in [0.2, 0.25) is 5.89 Å². The number of hydrogen-bond donors (Lipinski definition) is 1. The second-order valence-electron chi connectivity index (χ2n) is 3.65. The normalized spacial score (nSPS) is 15.2. The summed E-state index contributed by atoms with van der Waals surface area (Å²) >= 11 is 1.62. The summed E-state index contributed by atoms with van der Waals surface area (Å²) in [7, 11) is 0. The molecule has 1 rings (SSSR count). The fraction of sp³-hybridized carbons (Fsp3) is 0.800. The third-order valence-corrected chi connectivity index (χ3v) is 3.36. The average molecular weight is 229 g/mol. The van der Waals surface area contributed by atoms with Gasteiger partial charge < -0.3 is 9.73 Å². The number of nitrogens with one attached hydrogen (secondary N) is 1. The lowest BCUT2D eigenvalue weighted by molar-refractivity contribution is 0.426. The molecule has 86 valence electrons. The fourth-order valence-electron chi connectivity index (χ4n) is 1.13. The smallest absolute Gasteiger partial charge is 0.276 e. The first-order valence-corrected chi connectivity index (χ1v) is 6.21. The summed E-state index contributed by atoms with van der Waals surface area (Å²) in [4.78, 5) is 0. The highest BCUT2D eigenvalue weighted by atomic mass is 32.2. The molecular weight excluding hydrogens is 210 g/mol. The van der Waals surface area contributed by atoms with Gasteiger partial charge in [0.25, 0.3) is 5.22 Å². The lowest BCUT2D eigenvalue weighted by Crippen LogP contribution is -2.34. The first-order chi connectivity index (χ1) is 7.13. The summed E-state index contributed by atoms with van der Waals surface area (Å²) in [5.74, 6) is 0.624. The minimum Gasteiger partial charge on any atom is -0.416 e. The maximum absolute atomic E-state index is 5.32. The van der Waals surface area contributed by atoms with Crippen LogP contribution in [0.1, 0.15) is 33.1 Å². The quantitative estimate of drug-likeness (QED) is 0.758. The zero-order chi connectivity index (χ0) is 11.3. The first-order valence-electron chi connectivity index (χ1n) is 5.33. The summed E-state index contributed by atoms with van der Waals surface area (Å²) in [5.41, 5.74) is 0. The average Bonchev–Trinajstić information content (AvgIpc) is 2.60. The molecule has 0 aliphatic rings. The van der Waals surface area contributed by atoms with E-state index in [4.69, 9.17) is 4.42 Å². The van der Waals surface area contributed by atoms with Crippen LogP contribution in [0.4, 0.5) is 0 Å². The molecule has 2 unspecified atom stereocenters. The zero-order valence-electron chi connectivity index (χ0n) is 9.78. The number of thioether (sulfide) groups is 1. The second kappa shape index (κ2) is 6.12. The summed E-state index contributed by atoms with van der Waals surface area (Å²) < 4.78 is 5.32. The van der Waals surface area contributed by atoms with Crippen LogP contribution >= 0.6 is 11.8 Å². The van der Waals surface area contributed by atoms with Crippen molar-refractivity contribution in [1.82, 2.24) is 15.5 Å². The van der Waals surface area contributed by atoms with E-state index in [0.29, 0.717) is 22.4 Å². The van der Waals surface area contributed by atoms with E-state index >= 15 is 0 Å². The van der Waals surface area contributed by atoms with Gasteiger partial charge in [0.1, 0.15) is 0 Å². The molecular formula is C10H19N3OS. The first kappa shape index (κ1) is 12.5. The van der Waals surface area contributed by atoms with Gasteiger partial charge in [-0.15, -0.1) is 10.2 Å². The molecule has 15 heavy (non-hydrogen) atoms. The van der Waals surface area contributed by atoms with Gasteiger partial charge in [-0.1, -0.05) is 25.6 Å². The Hall–Kier alpha value is -0.550. The van der Waals surface area contributed by atoms with Gasteiger partial charge in [-0.2, -0.15) is 0 Å². The molecule has 0 amide bonds. The van der Waals surface area contributed by atoms with Crippen molar-refractivity contribution in [2.75, 3.05) is 6.54 Å². The molecule has 0 radical (unpaired) electrons. The topological polar surface area (TPSA) is 51.0 Å². The molecule has 0 bridgehead atoms. The number of rotatable bonds is 6. The van der Waals surface area contributed by atoms with E-state index in [1.165, 1.54) is 0 Å². The van der Waals surface area contributed by atoms with Crippen molar-refractivity contribution < 1.29 is 4.42 Å². The summed E-state index contributed by atoms with van der Waals surface area (Å²) in [5, 5.41) is 12.3. The number of hydrogen-bond acceptors (Lipinski definition) is 5. The predicted molar refractivity (Wildman–Crippen MR) is 62.1 cm³/mol. The maximum atomic E-state index is 5.32. The maximum Gasteiger partial charge on any atom is 0.276 e. The Bertz CT molecular complexity index is 290. The van der Waals surface area contributed by atoms with Crippen LogP contribution in [-0.4, -0.2) is 28.0 Å². The van der Waals surface area contributed by atoms with Gasteiger partial charge >= 0.3 is 0 Å². The van der Waals surface area contributed by atoms with Crippen LogP contribution in [0.15, 0.2) is 9.64 Å². The summed E-state index contributed by atoms with van der Waals surface area (Å²) in [6, 6.07) is 0.446. The summed E-state index contributed by atoms with van der Waals surface area (Å²) in [6.07, 6.45) is 1.15. The molecule has 1 N–H and O–H groups in total. The third-order valence-electron chi connectivity index (χ3n) is 2.21. The highest BCUT2D eigenvalue weighted by molar-refractivity contribution is 7.99. The monoisotopic (exact) mass is 229 g/mol. The van der Waals surface area contributed by atoms with Crippen molar-refractivity contribution in [2.45, 2.75) is 50.6 Å². The zero-order valence-corrected chi connectivity index (χ0v) is 10.6. The minimum absolute atomic E-state index is 0.427. The van der Waals surface area contributed by atoms with Gasteiger partial charge in [-0.05, 0) is 19.9 Å². The van der Waals surface area contributed by atoms with Crippen LogP contribution in [0, 0.1) is 6.92 Å². The van der Waals surface area contributed by atoms with E-state index in [0.717, 1.165) is 13.0 Å². The minimum atomic E-state index is 0.427. The van der Waals surface area contributed by atoms with E-state index in [9.17, 15) is 0 Å². The van der Waals surface area contributed by atoms with Crippen molar-refractivity contribution in [1.29, 1.82) is 0 Å². The van der Waals surface area contributed by atoms with Gasteiger partial charge in [-0.25, -0.2) is 0 Å². The molecule has 4 nitrogen and oxygen atoms in total. The van der Waals surface area contributed by atoms with E-state index in [2.05, 4.69) is 36.3 Å². The Morgan fingerprint density at radius 1 is 1.40 bits per heavy atom. The highest BCUT2D eigenvalue weighted by Crippen LogP contribution is 2.23. The number of aryl methyl sites for hydroxylation is 1. The Morgan fingerprint density at radius 2 is 2.13 bits per heavy atom. The Balaban J connectivity index is 2.37. The van der Waals surface area contributed by atoms with Crippen LogP contribution < -0.4 is 5.32 Å². The lowest BCUT2D eigenvalue weighted by atomic mass is 10.2. The number of aromatic nitrogens is 2. The lowest BCUT2D eigenvalue weighted by Gasteiger charge is -2.18. The van der Waals surface area contributed by atoms with Crippen molar-refractivity contribution in [2.24, 2.45) is 0 Å². The van der Waals surface area contributed by atoms with Crippen LogP contribution in [0.3, 0.4) is 0 Å². The van der Waals surface area contributed by atoms with E-state index in [1.54, 1.807) is 18.7 Å². The SMILES string of the molecule is CCCNC(C)C(C)Sc1nnc(C)o1. The van der Waals surface area contributed by atoms with Crippen molar-refractivity contribution >= 4 is 11.8 Å². The Kier molecular flexibility index (Phi) is 5.11. The van der Waals surface area contributed by atoms with Crippen LogP contribution in [0.25, 0.3) is 0 Å². The van der Waals surface area contributed by atoms with Crippen LogP contribution in [0.5, 0.6) is 0 Å². The predicted octanol–water partition coefficient (Wildman–Crippen LogP) is 2.25. The molecule has 0 aliphatic heterocycles. The van der Waals surface area contributed by atoms with Gasteiger partial charge in [0, 0.05) is 18.2 Å². The molecule has 0 spiro atoms. The van der Waals surface area contributed by atoms with Gasteiger partial charge in [-0.3, -0.25) is 0 Å². The molecule has 0 fully saturated rings. The molecule has 2 atom stereocenters. The van der Waals surface area contributed by atoms with Crippen LogP contribution in [0.2, 0.25) is 0 Å². The van der Waals surface area contributed by atoms with Gasteiger partial charge in [0.05, 0.1) is 0 Å². The van der Waals surface area contributed by atoms with E-state index < -0.39 is 0 Å². The van der Waals surface area contributed by atoms with E-state index in [-0.39, 0.29) is 0 Å². The second-order valence-corrected chi connectivity index (χ2v) is 4.98. The molecule has 1 aromatic rings. The molecule has 5 heteroatoms. The Morgan fingerprint density at radius 3 is 2.67 bits per heavy atom. The fourth-order valence-corrected chi connectivity index (χ4v) is 2.00. The molecule has 0 aliphatic carbocycles. The molecule has 0 aromatic carbocycles. The highest BCUT2D eigenvalue weighted by Gasteiger charge is 2.15. The largest absolute Gasteiger partial charge is 0.416 e. The van der Waals surface area contributed by atoms with Crippen molar-refractivity contribution in [3.8, 4) is 0 Å². The molecule has 0 saturated carbocycles. The van der Waals surface area contributed by atoms with Crippen LogP contribution in [-0.2, 0) is 0 Å². The summed E-state index contributed by atoms with van der Waals surface area (Å²) in [6.45, 7) is 9.36. The Labute approximate surface area is 95.2 Å². The number of nitrogens with zero attached hydrogens (tertiary/aromatic N) is 2. The van der Waals surface area contributed by atoms with Crippen molar-refractivity contribution in [3.05, 3.63) is 5.89 Å². The van der Waals surface area contributed by atoms with Gasteiger partial charge in [0.15, 0.2) is 0 Å². The van der Waals surface area contributed by atoms with Crippen molar-refractivity contribution in [3.63, 3.8) is 0 Å².